The van der Waals surface area contributed by atoms with Gasteiger partial charge in [0.05, 0.1) is 17.6 Å². The van der Waals surface area contributed by atoms with Gasteiger partial charge in [-0.1, -0.05) is 0 Å². The van der Waals surface area contributed by atoms with E-state index in [0.717, 1.165) is 23.8 Å². The summed E-state index contributed by atoms with van der Waals surface area (Å²) in [6.07, 6.45) is 1.48. The van der Waals surface area contributed by atoms with E-state index >= 15 is 0 Å². The fraction of sp³-hybridized carbons (Fsp3) is 0.154. The molecule has 1 aromatic heterocycles. The third kappa shape index (κ3) is 2.25. The van der Waals surface area contributed by atoms with Crippen LogP contribution >= 0.6 is 0 Å². The average molecular weight is 249 g/mol. The quantitative estimate of drug-likeness (QED) is 0.889. The predicted octanol–water partition coefficient (Wildman–Crippen LogP) is 3.02. The molecule has 0 unspecified atom stereocenters. The van der Waals surface area contributed by atoms with Crippen LogP contribution in [0.15, 0.2) is 30.5 Å². The lowest BCUT2D eigenvalue weighted by Gasteiger charge is -2.21. The van der Waals surface area contributed by atoms with Gasteiger partial charge >= 0.3 is 0 Å². The van der Waals surface area contributed by atoms with Crippen LogP contribution in [0.5, 0.6) is 0 Å². The Kier molecular flexibility index (Phi) is 3.14. The Hall–Kier alpha value is -2.17. The lowest BCUT2D eigenvalue weighted by molar-refractivity contribution is 0.600. The van der Waals surface area contributed by atoms with Crippen molar-refractivity contribution in [2.75, 3.05) is 17.7 Å². The molecule has 18 heavy (non-hydrogen) atoms. The number of pyridine rings is 1. The first-order valence-electron chi connectivity index (χ1n) is 5.40. The van der Waals surface area contributed by atoms with Gasteiger partial charge < -0.3 is 10.6 Å². The zero-order valence-electron chi connectivity index (χ0n) is 10.1. The number of halogens is 2. The van der Waals surface area contributed by atoms with Gasteiger partial charge in [0, 0.05) is 13.1 Å². The molecule has 0 amide bonds. The summed E-state index contributed by atoms with van der Waals surface area (Å²) in [7, 11) is 1.63. The van der Waals surface area contributed by atoms with E-state index in [1.54, 1.807) is 13.1 Å². The standard InChI is InChI=1S/C13H13F2N3/c1-8-5-10(16)7-17-13(8)18(2)12-6-9(14)3-4-11(12)15/h3-7H,16H2,1-2H3. The van der Waals surface area contributed by atoms with E-state index < -0.39 is 11.6 Å². The summed E-state index contributed by atoms with van der Waals surface area (Å²) < 4.78 is 26.8. The second-order valence-electron chi connectivity index (χ2n) is 4.06. The van der Waals surface area contributed by atoms with E-state index in [4.69, 9.17) is 5.73 Å². The van der Waals surface area contributed by atoms with Gasteiger partial charge in [0.25, 0.3) is 0 Å². The second-order valence-corrected chi connectivity index (χ2v) is 4.06. The number of hydrogen-bond acceptors (Lipinski definition) is 3. The van der Waals surface area contributed by atoms with Crippen molar-refractivity contribution in [1.29, 1.82) is 0 Å². The van der Waals surface area contributed by atoms with Crippen molar-refractivity contribution in [3.05, 3.63) is 47.7 Å². The molecule has 0 bridgehead atoms. The van der Waals surface area contributed by atoms with Crippen LogP contribution in [-0.4, -0.2) is 12.0 Å². The largest absolute Gasteiger partial charge is 0.397 e. The summed E-state index contributed by atoms with van der Waals surface area (Å²) in [5, 5.41) is 0. The number of nitrogen functional groups attached to an aromatic ring is 1. The van der Waals surface area contributed by atoms with Crippen LogP contribution in [0.25, 0.3) is 0 Å². The maximum atomic E-state index is 13.7. The lowest BCUT2D eigenvalue weighted by atomic mass is 10.2. The Morgan fingerprint density at radius 1 is 1.22 bits per heavy atom. The molecule has 1 aromatic carbocycles. The molecule has 0 aliphatic rings. The summed E-state index contributed by atoms with van der Waals surface area (Å²) in [5.41, 5.74) is 7.06. The number of rotatable bonds is 2. The number of aryl methyl sites for hydroxylation is 1. The van der Waals surface area contributed by atoms with Crippen LogP contribution in [0.1, 0.15) is 5.56 Å². The van der Waals surface area contributed by atoms with Gasteiger partial charge in [0.15, 0.2) is 0 Å². The molecule has 0 aliphatic heterocycles. The van der Waals surface area contributed by atoms with E-state index in [-0.39, 0.29) is 5.69 Å². The molecule has 0 spiro atoms. The van der Waals surface area contributed by atoms with Crippen molar-refractivity contribution in [1.82, 2.24) is 4.98 Å². The zero-order valence-corrected chi connectivity index (χ0v) is 10.1. The molecule has 0 saturated heterocycles. The Balaban J connectivity index is 2.47. The number of hydrogen-bond donors (Lipinski definition) is 1. The molecule has 0 aliphatic carbocycles. The topological polar surface area (TPSA) is 42.1 Å². The highest BCUT2D eigenvalue weighted by atomic mass is 19.1. The van der Waals surface area contributed by atoms with Gasteiger partial charge in [-0.25, -0.2) is 13.8 Å². The van der Waals surface area contributed by atoms with Crippen LogP contribution in [0.3, 0.4) is 0 Å². The number of anilines is 3. The fourth-order valence-corrected chi connectivity index (χ4v) is 1.80. The molecular weight excluding hydrogens is 236 g/mol. The minimum Gasteiger partial charge on any atom is -0.397 e. The number of aromatic nitrogens is 1. The summed E-state index contributed by atoms with van der Waals surface area (Å²) in [6, 6.07) is 5.03. The lowest BCUT2D eigenvalue weighted by Crippen LogP contribution is -2.14. The van der Waals surface area contributed by atoms with Gasteiger partial charge in [-0.15, -0.1) is 0 Å². The highest BCUT2D eigenvalue weighted by molar-refractivity contribution is 5.64. The van der Waals surface area contributed by atoms with E-state index in [9.17, 15) is 8.78 Å². The summed E-state index contributed by atoms with van der Waals surface area (Å²) >= 11 is 0. The maximum absolute atomic E-state index is 13.7. The smallest absolute Gasteiger partial charge is 0.147 e. The van der Waals surface area contributed by atoms with Crippen LogP contribution in [-0.2, 0) is 0 Å². The van der Waals surface area contributed by atoms with Gasteiger partial charge in [0.2, 0.25) is 0 Å². The van der Waals surface area contributed by atoms with E-state index in [1.165, 1.54) is 11.1 Å². The van der Waals surface area contributed by atoms with Gasteiger partial charge in [-0.3, -0.25) is 0 Å². The molecule has 0 fully saturated rings. The van der Waals surface area contributed by atoms with E-state index in [2.05, 4.69) is 4.98 Å². The maximum Gasteiger partial charge on any atom is 0.147 e. The van der Waals surface area contributed by atoms with Gasteiger partial charge in [0.1, 0.15) is 17.5 Å². The molecule has 2 rings (SSSR count). The van der Waals surface area contributed by atoms with Gasteiger partial charge in [-0.05, 0) is 30.7 Å². The zero-order chi connectivity index (χ0) is 13.3. The van der Waals surface area contributed by atoms with Crippen molar-refractivity contribution in [2.24, 2.45) is 0 Å². The molecular formula is C13H13F2N3. The first-order chi connectivity index (χ1) is 8.49. The molecule has 1 heterocycles. The molecule has 2 N–H and O–H groups in total. The molecule has 0 radical (unpaired) electrons. The van der Waals surface area contributed by atoms with Crippen LogP contribution in [0.2, 0.25) is 0 Å². The first-order valence-corrected chi connectivity index (χ1v) is 5.40. The van der Waals surface area contributed by atoms with E-state index in [0.29, 0.717) is 11.5 Å². The van der Waals surface area contributed by atoms with Gasteiger partial charge in [-0.2, -0.15) is 0 Å². The van der Waals surface area contributed by atoms with Crippen LogP contribution in [0, 0.1) is 18.6 Å². The minimum absolute atomic E-state index is 0.135. The van der Waals surface area contributed by atoms with Crippen molar-refractivity contribution in [2.45, 2.75) is 6.92 Å². The average Bonchev–Trinajstić information content (AvgIpc) is 2.31. The fourth-order valence-electron chi connectivity index (χ4n) is 1.80. The van der Waals surface area contributed by atoms with Crippen molar-refractivity contribution in [3.8, 4) is 0 Å². The monoisotopic (exact) mass is 249 g/mol. The van der Waals surface area contributed by atoms with Crippen LogP contribution < -0.4 is 10.6 Å². The predicted molar refractivity (Wildman–Crippen MR) is 67.8 cm³/mol. The Labute approximate surface area is 104 Å². The first kappa shape index (κ1) is 12.3. The normalized spacial score (nSPS) is 10.4. The SMILES string of the molecule is Cc1cc(N)cnc1N(C)c1cc(F)ccc1F. The van der Waals surface area contributed by atoms with Crippen molar-refractivity contribution in [3.63, 3.8) is 0 Å². The Morgan fingerprint density at radius 3 is 2.61 bits per heavy atom. The van der Waals surface area contributed by atoms with Crippen molar-refractivity contribution >= 4 is 17.2 Å². The molecule has 2 aromatic rings. The van der Waals surface area contributed by atoms with E-state index in [1.807, 2.05) is 6.92 Å². The summed E-state index contributed by atoms with van der Waals surface area (Å²) in [4.78, 5) is 5.63. The summed E-state index contributed by atoms with van der Waals surface area (Å²) in [5.74, 6) is -0.461. The molecule has 3 nitrogen and oxygen atoms in total. The summed E-state index contributed by atoms with van der Waals surface area (Å²) in [6.45, 7) is 1.81. The molecule has 94 valence electrons. The Bertz CT molecular complexity index is 584. The highest BCUT2D eigenvalue weighted by Crippen LogP contribution is 2.28. The second kappa shape index (κ2) is 4.60. The molecule has 5 heteroatoms. The number of nitrogens with zero attached hydrogens (tertiary/aromatic N) is 2. The molecule has 0 saturated carbocycles. The number of nitrogens with two attached hydrogens (primary N) is 1. The molecule has 0 atom stereocenters. The third-order valence-electron chi connectivity index (χ3n) is 2.66. The third-order valence-corrected chi connectivity index (χ3v) is 2.66. The number of benzene rings is 1. The van der Waals surface area contributed by atoms with Crippen molar-refractivity contribution < 1.29 is 8.78 Å². The highest BCUT2D eigenvalue weighted by Gasteiger charge is 2.13. The van der Waals surface area contributed by atoms with Crippen LogP contribution in [0.4, 0.5) is 26.0 Å². The Morgan fingerprint density at radius 2 is 1.94 bits per heavy atom. The minimum atomic E-state index is -0.503.